The highest BCUT2D eigenvalue weighted by atomic mass is 16.5. The van der Waals surface area contributed by atoms with Crippen molar-refractivity contribution >= 4 is 17.1 Å². The van der Waals surface area contributed by atoms with Gasteiger partial charge in [0, 0.05) is 17.1 Å². The van der Waals surface area contributed by atoms with E-state index in [0.717, 1.165) is 41.2 Å². The summed E-state index contributed by atoms with van der Waals surface area (Å²) in [6.45, 7) is 5.20. The average molecular weight is 1090 g/mol. The zero-order valence-corrected chi connectivity index (χ0v) is 48.3. The number of anilines is 3. The lowest BCUT2D eigenvalue weighted by Gasteiger charge is -2.36. The van der Waals surface area contributed by atoms with Gasteiger partial charge >= 0.3 is 0 Å². The second-order valence-electron chi connectivity index (χ2n) is 23.7. The molecule has 0 aliphatic heterocycles. The van der Waals surface area contributed by atoms with E-state index in [1.807, 2.05) is 0 Å². The Morgan fingerprint density at radius 3 is 1.34 bits per heavy atom. The maximum absolute atomic E-state index is 6.65. The Bertz CT molecular complexity index is 4320. The van der Waals surface area contributed by atoms with E-state index in [4.69, 9.17) is 4.74 Å². The average Bonchev–Trinajstić information content (AvgIpc) is 1.61. The smallest absolute Gasteiger partial charge is 0.119 e. The van der Waals surface area contributed by atoms with E-state index in [1.54, 1.807) is 0 Å². The van der Waals surface area contributed by atoms with Crippen molar-refractivity contribution in [2.75, 3.05) is 4.90 Å². The Labute approximate surface area is 501 Å². The third-order valence-corrected chi connectivity index (χ3v) is 19.2. The van der Waals surface area contributed by atoms with Crippen LogP contribution in [0.3, 0.4) is 0 Å². The van der Waals surface area contributed by atoms with Gasteiger partial charge in [-0.2, -0.15) is 0 Å². The lowest BCUT2D eigenvalue weighted by Crippen LogP contribution is -2.29. The molecule has 0 saturated carbocycles. The predicted octanol–water partition coefficient (Wildman–Crippen LogP) is 20.9. The Morgan fingerprint density at radius 1 is 0.376 bits per heavy atom. The number of aryl methyl sites for hydroxylation is 2. The van der Waals surface area contributed by atoms with Crippen LogP contribution in [0.2, 0.25) is 0 Å². The van der Waals surface area contributed by atoms with Crippen LogP contribution < -0.4 is 9.64 Å². The fourth-order valence-electron chi connectivity index (χ4n) is 14.8. The summed E-state index contributed by atoms with van der Waals surface area (Å²) >= 11 is 0. The minimum Gasteiger partial charge on any atom is -0.489 e. The first-order chi connectivity index (χ1) is 42.0. The molecule has 3 aliphatic rings. The Balaban J connectivity index is 0.749. The molecule has 410 valence electrons. The second-order valence-corrected chi connectivity index (χ2v) is 23.7. The van der Waals surface area contributed by atoms with Crippen molar-refractivity contribution < 1.29 is 4.74 Å². The van der Waals surface area contributed by atoms with E-state index in [1.165, 1.54) is 113 Å². The molecule has 3 atom stereocenters. The van der Waals surface area contributed by atoms with Gasteiger partial charge < -0.3 is 9.64 Å². The number of nitrogens with zero attached hydrogens (tertiary/aromatic N) is 1. The van der Waals surface area contributed by atoms with Crippen LogP contribution in [0.15, 0.2) is 297 Å². The molecule has 0 N–H and O–H groups in total. The van der Waals surface area contributed by atoms with Gasteiger partial charge in [-0.1, -0.05) is 263 Å². The molecular formula is C83H67NO. The second kappa shape index (κ2) is 21.8. The molecule has 12 aromatic rings. The van der Waals surface area contributed by atoms with E-state index >= 15 is 0 Å². The van der Waals surface area contributed by atoms with Gasteiger partial charge in [0.2, 0.25) is 0 Å². The number of rotatable bonds is 16. The number of ether oxygens (including phenoxy) is 1. The van der Waals surface area contributed by atoms with Gasteiger partial charge in [-0.15, -0.1) is 0 Å². The summed E-state index contributed by atoms with van der Waals surface area (Å²) in [4.78, 5) is 2.46. The molecule has 3 unspecified atom stereocenters. The van der Waals surface area contributed by atoms with Gasteiger partial charge in [0.05, 0.1) is 10.8 Å². The molecule has 2 heteroatoms. The zero-order chi connectivity index (χ0) is 56.9. The van der Waals surface area contributed by atoms with Crippen LogP contribution in [0.1, 0.15) is 111 Å². The SMILES string of the molecule is CCC(CC(C)c1ccc(COc2ccc(C3(c4ccccc4)c4ccccc4-c4ccc(N(c5ccccc5)c5ccc6c(c5)C(c5ccccc5)(c5ccccc5)c5ccccc5-6)cc43)cc2)cc1)c1ccc(-c2ccc3c(c2)CC3)cc1. The van der Waals surface area contributed by atoms with Crippen LogP contribution in [0.25, 0.3) is 33.4 Å². The Morgan fingerprint density at radius 2 is 0.835 bits per heavy atom. The van der Waals surface area contributed by atoms with E-state index in [0.29, 0.717) is 18.4 Å². The van der Waals surface area contributed by atoms with Crippen molar-refractivity contribution in [2.45, 2.75) is 68.8 Å². The lowest BCUT2D eigenvalue weighted by molar-refractivity contribution is 0.306. The zero-order valence-electron chi connectivity index (χ0n) is 48.3. The maximum Gasteiger partial charge on any atom is 0.119 e. The van der Waals surface area contributed by atoms with Crippen LogP contribution in [-0.4, -0.2) is 0 Å². The van der Waals surface area contributed by atoms with E-state index in [2.05, 4.69) is 316 Å². The Hall–Kier alpha value is -9.76. The van der Waals surface area contributed by atoms with Crippen molar-refractivity contribution in [2.24, 2.45) is 0 Å². The highest BCUT2D eigenvalue weighted by Crippen LogP contribution is 2.60. The largest absolute Gasteiger partial charge is 0.489 e. The molecule has 0 aromatic heterocycles. The van der Waals surface area contributed by atoms with Gasteiger partial charge in [0.1, 0.15) is 12.4 Å². The summed E-state index contributed by atoms with van der Waals surface area (Å²) < 4.78 is 6.65. The topological polar surface area (TPSA) is 12.5 Å². The van der Waals surface area contributed by atoms with E-state index < -0.39 is 10.8 Å². The van der Waals surface area contributed by atoms with Gasteiger partial charge in [-0.25, -0.2) is 0 Å². The van der Waals surface area contributed by atoms with E-state index in [9.17, 15) is 0 Å². The fourth-order valence-corrected chi connectivity index (χ4v) is 14.8. The third kappa shape index (κ3) is 8.85. The van der Waals surface area contributed by atoms with Gasteiger partial charge in [0.25, 0.3) is 0 Å². The monoisotopic (exact) mass is 1090 g/mol. The van der Waals surface area contributed by atoms with E-state index in [-0.39, 0.29) is 0 Å². The maximum atomic E-state index is 6.65. The summed E-state index contributed by atoms with van der Waals surface area (Å²) in [5, 5.41) is 0. The number of fused-ring (bicyclic) bond motifs is 7. The van der Waals surface area contributed by atoms with Crippen LogP contribution in [0.4, 0.5) is 17.1 Å². The Kier molecular flexibility index (Phi) is 13.3. The molecule has 0 spiro atoms. The highest BCUT2D eigenvalue weighted by Gasteiger charge is 2.48. The molecular weight excluding hydrogens is 1030 g/mol. The molecule has 3 aliphatic carbocycles. The summed E-state index contributed by atoms with van der Waals surface area (Å²) in [5.41, 5.74) is 26.7. The third-order valence-electron chi connectivity index (χ3n) is 19.2. The molecule has 12 aromatic carbocycles. The molecule has 0 fully saturated rings. The molecule has 85 heavy (non-hydrogen) atoms. The summed E-state index contributed by atoms with van der Waals surface area (Å²) in [7, 11) is 0. The highest BCUT2D eigenvalue weighted by molar-refractivity contribution is 5.92. The molecule has 2 nitrogen and oxygen atoms in total. The van der Waals surface area contributed by atoms with Crippen molar-refractivity contribution in [3.05, 3.63) is 370 Å². The first-order valence-electron chi connectivity index (χ1n) is 30.5. The minimum atomic E-state index is -0.630. The minimum absolute atomic E-state index is 0.429. The molecule has 0 bridgehead atoms. The normalized spacial score (nSPS) is 15.5. The first-order valence-corrected chi connectivity index (χ1v) is 30.5. The number of hydrogen-bond acceptors (Lipinski definition) is 2. The molecule has 0 heterocycles. The molecule has 0 radical (unpaired) electrons. The van der Waals surface area contributed by atoms with Crippen LogP contribution in [0, 0.1) is 0 Å². The molecule has 0 amide bonds. The quantitative estimate of drug-likeness (QED) is 0.0956. The molecule has 0 saturated heterocycles. The van der Waals surface area contributed by atoms with Gasteiger partial charge in [0.15, 0.2) is 0 Å². The van der Waals surface area contributed by atoms with Crippen LogP contribution in [0.5, 0.6) is 5.75 Å². The summed E-state index contributed by atoms with van der Waals surface area (Å²) in [6, 6.07) is 111. The van der Waals surface area contributed by atoms with Crippen molar-refractivity contribution in [1.82, 2.24) is 0 Å². The summed E-state index contributed by atoms with van der Waals surface area (Å²) in [6.07, 6.45) is 4.66. The lowest BCUT2D eigenvalue weighted by atomic mass is 9.67. The number of para-hydroxylation sites is 1. The number of benzene rings is 12. The van der Waals surface area contributed by atoms with Gasteiger partial charge in [-0.05, 0) is 192 Å². The van der Waals surface area contributed by atoms with Gasteiger partial charge in [-0.3, -0.25) is 0 Å². The summed E-state index contributed by atoms with van der Waals surface area (Å²) in [5.74, 6) is 1.78. The number of hydrogen-bond donors (Lipinski definition) is 0. The van der Waals surface area contributed by atoms with Crippen LogP contribution >= 0.6 is 0 Å². The standard InChI is InChI=1S/C83H67NO/c1-3-59(61-36-38-62(39-37-61)64-42-40-63-41-43-65(63)53-64)52-57(2)60-34-32-58(33-35-60)56-85-73-48-44-69(45-49-73)83(68-24-12-6-13-25-68)79-31-19-17-29-75(79)77-51-47-72(55-81(77)83)84(70-26-14-7-15-27-70)71-46-50-76-74-28-16-18-30-78(74)82(80(76)54-71,66-20-8-4-9-21-66)67-22-10-5-11-23-67/h4-40,42,44-51,53-55,57,59H,3,41,43,52,56H2,1-2H3. The fraction of sp³-hybridized carbons (Fsp3) is 0.133. The first kappa shape index (κ1) is 52.1. The van der Waals surface area contributed by atoms with Crippen molar-refractivity contribution in [3.63, 3.8) is 0 Å². The van der Waals surface area contributed by atoms with Crippen molar-refractivity contribution in [3.8, 4) is 39.1 Å². The predicted molar refractivity (Wildman–Crippen MR) is 352 cm³/mol. The van der Waals surface area contributed by atoms with Crippen LogP contribution in [-0.2, 0) is 30.3 Å². The van der Waals surface area contributed by atoms with Crippen molar-refractivity contribution in [1.29, 1.82) is 0 Å². The molecule has 15 rings (SSSR count).